The lowest BCUT2D eigenvalue weighted by molar-refractivity contribution is -0.130. The van der Waals surface area contributed by atoms with Crippen LogP contribution in [0.1, 0.15) is 5.56 Å². The predicted octanol–water partition coefficient (Wildman–Crippen LogP) is 1.03. The molecule has 0 saturated heterocycles. The van der Waals surface area contributed by atoms with Crippen molar-refractivity contribution < 1.29 is 14.3 Å². The van der Waals surface area contributed by atoms with Crippen molar-refractivity contribution >= 4 is 17.5 Å². The third kappa shape index (κ3) is 3.89. The normalized spacial score (nSPS) is 12.0. The lowest BCUT2D eigenvalue weighted by Crippen LogP contribution is -2.44. The number of halogens is 1. The molecule has 1 amide bonds. The van der Waals surface area contributed by atoms with Gasteiger partial charge in [0.2, 0.25) is 6.10 Å². The zero-order chi connectivity index (χ0) is 12.8. The highest BCUT2D eigenvalue weighted by molar-refractivity contribution is 6.31. The van der Waals surface area contributed by atoms with Gasteiger partial charge in [-0.15, -0.1) is 0 Å². The van der Waals surface area contributed by atoms with Crippen LogP contribution in [0.4, 0.5) is 0 Å². The lowest BCUT2D eigenvalue weighted by Gasteiger charge is -2.17. The minimum atomic E-state index is -0.787. The van der Waals surface area contributed by atoms with Gasteiger partial charge in [0.1, 0.15) is 5.75 Å². The van der Waals surface area contributed by atoms with E-state index in [0.29, 0.717) is 10.8 Å². The number of hydrogen-bond acceptors (Lipinski definition) is 4. The molecule has 1 aromatic carbocycles. The summed E-state index contributed by atoms with van der Waals surface area (Å²) < 4.78 is 10.4. The quantitative estimate of drug-likeness (QED) is 0.470. The molecule has 1 rings (SSSR count). The monoisotopic (exact) mass is 258 g/mol. The van der Waals surface area contributed by atoms with E-state index in [0.717, 1.165) is 5.56 Å². The van der Waals surface area contributed by atoms with Crippen LogP contribution in [0.15, 0.2) is 18.2 Å². The van der Waals surface area contributed by atoms with Gasteiger partial charge in [0.25, 0.3) is 5.91 Å². The van der Waals surface area contributed by atoms with Crippen molar-refractivity contribution in [3.63, 3.8) is 0 Å². The molecule has 0 saturated carbocycles. The number of carbonyl (C=O) groups is 1. The summed E-state index contributed by atoms with van der Waals surface area (Å²) in [5.41, 5.74) is 2.90. The molecule has 0 spiro atoms. The van der Waals surface area contributed by atoms with Gasteiger partial charge in [-0.3, -0.25) is 10.2 Å². The van der Waals surface area contributed by atoms with Crippen LogP contribution in [0.2, 0.25) is 5.02 Å². The van der Waals surface area contributed by atoms with Crippen LogP contribution < -0.4 is 16.0 Å². The van der Waals surface area contributed by atoms with E-state index < -0.39 is 12.0 Å². The molecule has 0 aliphatic carbocycles. The number of rotatable bonds is 5. The summed E-state index contributed by atoms with van der Waals surface area (Å²) in [7, 11) is 1.48. The lowest BCUT2D eigenvalue weighted by atomic mass is 10.2. The predicted molar refractivity (Wildman–Crippen MR) is 64.8 cm³/mol. The van der Waals surface area contributed by atoms with Crippen LogP contribution >= 0.6 is 11.6 Å². The standard InChI is InChI=1S/C11H15ClN2O3/c1-7-5-8(3-4-9(7)12)17-10(6-16-2)11(15)14-13/h3-5,10H,6,13H2,1-2H3,(H,14,15). The van der Waals surface area contributed by atoms with Crippen molar-refractivity contribution in [2.45, 2.75) is 13.0 Å². The Bertz CT molecular complexity index is 398. The highest BCUT2D eigenvalue weighted by Crippen LogP contribution is 2.21. The zero-order valence-corrected chi connectivity index (χ0v) is 10.5. The molecule has 0 fully saturated rings. The van der Waals surface area contributed by atoms with Crippen LogP contribution in [-0.4, -0.2) is 25.7 Å². The van der Waals surface area contributed by atoms with Gasteiger partial charge < -0.3 is 9.47 Å². The second kappa shape index (κ2) is 6.44. The maximum Gasteiger partial charge on any atom is 0.277 e. The Hall–Kier alpha value is -1.30. The van der Waals surface area contributed by atoms with Crippen LogP contribution in [0, 0.1) is 6.92 Å². The minimum Gasteiger partial charge on any atom is -0.478 e. The second-order valence-corrected chi connectivity index (χ2v) is 3.89. The Kier molecular flexibility index (Phi) is 5.21. The highest BCUT2D eigenvalue weighted by Gasteiger charge is 2.19. The van der Waals surface area contributed by atoms with Crippen LogP contribution in [0.5, 0.6) is 5.75 Å². The van der Waals surface area contributed by atoms with E-state index in [1.807, 2.05) is 12.3 Å². The van der Waals surface area contributed by atoms with Crippen molar-refractivity contribution in [1.82, 2.24) is 5.43 Å². The largest absolute Gasteiger partial charge is 0.478 e. The van der Waals surface area contributed by atoms with E-state index in [1.54, 1.807) is 18.2 Å². The molecule has 6 heteroatoms. The van der Waals surface area contributed by atoms with Gasteiger partial charge >= 0.3 is 0 Å². The number of benzene rings is 1. The summed E-state index contributed by atoms with van der Waals surface area (Å²) in [5.74, 6) is 5.15. The van der Waals surface area contributed by atoms with Gasteiger partial charge in [0, 0.05) is 12.1 Å². The van der Waals surface area contributed by atoms with E-state index in [1.165, 1.54) is 7.11 Å². The summed E-state index contributed by atoms with van der Waals surface area (Å²) in [6.45, 7) is 1.97. The van der Waals surface area contributed by atoms with Gasteiger partial charge in [-0.25, -0.2) is 5.84 Å². The highest BCUT2D eigenvalue weighted by atomic mass is 35.5. The summed E-state index contributed by atoms with van der Waals surface area (Å²) >= 11 is 5.89. The van der Waals surface area contributed by atoms with Crippen LogP contribution in [0.3, 0.4) is 0 Å². The molecule has 0 aliphatic rings. The Labute approximate surface area is 105 Å². The van der Waals surface area contributed by atoms with Gasteiger partial charge in [-0.1, -0.05) is 11.6 Å². The topological polar surface area (TPSA) is 73.6 Å². The van der Waals surface area contributed by atoms with Crippen LogP contribution in [-0.2, 0) is 9.53 Å². The maximum atomic E-state index is 11.4. The molecule has 0 aliphatic heterocycles. The average molecular weight is 259 g/mol. The molecule has 1 aromatic rings. The van der Waals surface area contributed by atoms with Crippen LogP contribution in [0.25, 0.3) is 0 Å². The third-order valence-corrected chi connectivity index (χ3v) is 2.58. The second-order valence-electron chi connectivity index (χ2n) is 3.48. The molecule has 0 aromatic heterocycles. The number of methoxy groups -OCH3 is 1. The number of nitrogens with one attached hydrogen (secondary N) is 1. The number of hydrazine groups is 1. The summed E-state index contributed by atoms with van der Waals surface area (Å²) in [4.78, 5) is 11.4. The SMILES string of the molecule is COCC(Oc1ccc(Cl)c(C)c1)C(=O)NN. The van der Waals surface area contributed by atoms with Crippen molar-refractivity contribution in [2.75, 3.05) is 13.7 Å². The molecule has 5 nitrogen and oxygen atoms in total. The van der Waals surface area contributed by atoms with Crippen molar-refractivity contribution in [3.05, 3.63) is 28.8 Å². The molecular weight excluding hydrogens is 244 g/mol. The van der Waals surface area contributed by atoms with E-state index in [4.69, 9.17) is 26.9 Å². The van der Waals surface area contributed by atoms with Crippen molar-refractivity contribution in [3.8, 4) is 5.75 Å². The van der Waals surface area contributed by atoms with Gasteiger partial charge in [0.05, 0.1) is 6.61 Å². The molecule has 3 N–H and O–H groups in total. The van der Waals surface area contributed by atoms with E-state index in [-0.39, 0.29) is 6.61 Å². The third-order valence-electron chi connectivity index (χ3n) is 2.16. The smallest absolute Gasteiger partial charge is 0.277 e. The van der Waals surface area contributed by atoms with Crippen molar-refractivity contribution in [1.29, 1.82) is 0 Å². The number of aryl methyl sites for hydroxylation is 1. The van der Waals surface area contributed by atoms with Gasteiger partial charge in [-0.2, -0.15) is 0 Å². The maximum absolute atomic E-state index is 11.4. The molecule has 17 heavy (non-hydrogen) atoms. The summed E-state index contributed by atoms with van der Waals surface area (Å²) in [6, 6.07) is 5.13. The first-order valence-corrected chi connectivity index (χ1v) is 5.38. The molecule has 1 unspecified atom stereocenters. The Balaban J connectivity index is 2.78. The first-order chi connectivity index (χ1) is 8.08. The Morgan fingerprint density at radius 3 is 2.82 bits per heavy atom. The van der Waals surface area contributed by atoms with E-state index in [2.05, 4.69) is 0 Å². The molecular formula is C11H15ClN2O3. The number of amides is 1. The molecule has 94 valence electrons. The average Bonchev–Trinajstić information content (AvgIpc) is 2.32. The Morgan fingerprint density at radius 1 is 1.59 bits per heavy atom. The van der Waals surface area contributed by atoms with Crippen molar-refractivity contribution in [2.24, 2.45) is 5.84 Å². The van der Waals surface area contributed by atoms with Gasteiger partial charge in [-0.05, 0) is 30.7 Å². The fourth-order valence-corrected chi connectivity index (χ4v) is 1.38. The van der Waals surface area contributed by atoms with E-state index >= 15 is 0 Å². The fourth-order valence-electron chi connectivity index (χ4n) is 1.26. The number of ether oxygens (including phenoxy) is 2. The first kappa shape index (κ1) is 13.8. The number of nitrogens with two attached hydrogens (primary N) is 1. The summed E-state index contributed by atoms with van der Waals surface area (Å²) in [6.07, 6.45) is -0.787. The fraction of sp³-hybridized carbons (Fsp3) is 0.364. The van der Waals surface area contributed by atoms with E-state index in [9.17, 15) is 4.79 Å². The molecule has 0 radical (unpaired) electrons. The number of carbonyl (C=O) groups excluding carboxylic acids is 1. The minimum absolute atomic E-state index is 0.116. The molecule has 0 bridgehead atoms. The molecule has 0 heterocycles. The van der Waals surface area contributed by atoms with Gasteiger partial charge in [0.15, 0.2) is 0 Å². The Morgan fingerprint density at radius 2 is 2.29 bits per heavy atom. The first-order valence-electron chi connectivity index (χ1n) is 5.00. The molecule has 1 atom stereocenters. The number of hydrogen-bond donors (Lipinski definition) is 2. The summed E-state index contributed by atoms with van der Waals surface area (Å²) in [5, 5.41) is 0.643. The zero-order valence-electron chi connectivity index (χ0n) is 9.70.